The minimum atomic E-state index is -1.04. The Morgan fingerprint density at radius 3 is 2.56 bits per heavy atom. The Morgan fingerprint density at radius 1 is 1.13 bits per heavy atom. The van der Waals surface area contributed by atoms with Gasteiger partial charge in [-0.15, -0.1) is 0 Å². The fourth-order valence-corrected chi connectivity index (χ4v) is 6.93. The summed E-state index contributed by atoms with van der Waals surface area (Å²) in [7, 11) is 0. The molecule has 0 spiro atoms. The second-order valence-electron chi connectivity index (χ2n) is 12.2. The molecule has 0 aromatic heterocycles. The highest BCUT2D eigenvalue weighted by molar-refractivity contribution is 14.1. The van der Waals surface area contributed by atoms with Gasteiger partial charge in [0.25, 0.3) is 0 Å². The number of amides is 4. The maximum absolute atomic E-state index is 13.9. The van der Waals surface area contributed by atoms with Crippen LogP contribution in [0.15, 0.2) is 41.5 Å². The summed E-state index contributed by atoms with van der Waals surface area (Å²) in [6.07, 6.45) is 3.29. The molecule has 11 nitrogen and oxygen atoms in total. The molecule has 0 bridgehead atoms. The summed E-state index contributed by atoms with van der Waals surface area (Å²) >= 11 is 8.29. The molecular weight excluding hydrogens is 709 g/mol. The molecule has 1 fully saturated rings. The molecule has 13 heteroatoms. The molecule has 4 rings (SSSR count). The monoisotopic (exact) mass is 747 g/mol. The van der Waals surface area contributed by atoms with E-state index in [1.807, 2.05) is 36.1 Å². The van der Waals surface area contributed by atoms with Crippen LogP contribution in [0.3, 0.4) is 0 Å². The smallest absolute Gasteiger partial charge is 0.246 e. The molecule has 0 saturated carbocycles. The molecular formula is C32H39ClIN7O4. The van der Waals surface area contributed by atoms with E-state index in [1.165, 1.54) is 4.90 Å². The van der Waals surface area contributed by atoms with Crippen molar-refractivity contribution >= 4 is 63.5 Å². The number of nitrogens with zero attached hydrogens (tertiary/aromatic N) is 5. The Kier molecular flexibility index (Phi) is 11.7. The first kappa shape index (κ1) is 34.5. The van der Waals surface area contributed by atoms with Crippen molar-refractivity contribution < 1.29 is 19.2 Å². The Bertz CT molecular complexity index is 1510. The molecule has 2 aromatic rings. The van der Waals surface area contributed by atoms with Gasteiger partial charge in [-0.3, -0.25) is 19.2 Å². The van der Waals surface area contributed by atoms with Gasteiger partial charge in [0, 0.05) is 57.9 Å². The number of anilines is 1. The predicted octanol–water partition coefficient (Wildman–Crippen LogP) is 5.90. The van der Waals surface area contributed by atoms with Crippen LogP contribution in [0.25, 0.3) is 10.4 Å². The average molecular weight is 748 g/mol. The van der Waals surface area contributed by atoms with Crippen molar-refractivity contribution in [1.82, 2.24) is 15.1 Å². The number of carbonyl (C=O) groups is 4. The zero-order chi connectivity index (χ0) is 32.7. The third kappa shape index (κ3) is 8.68. The fourth-order valence-electron chi connectivity index (χ4n) is 5.98. The van der Waals surface area contributed by atoms with Crippen LogP contribution in [0.5, 0.6) is 0 Å². The SMILES string of the molecule is Cc1cc(NC(=O)[C@H](CCN=[N+]=[N-])NC(=O)[C@@H]2Cc3ccccc3CN2C(=O)CCC(=O)N2CCCCC2(C)C)c(I)cc1Cl. The van der Waals surface area contributed by atoms with Crippen LogP contribution in [-0.4, -0.2) is 64.1 Å². The Labute approximate surface area is 282 Å². The molecule has 0 aliphatic carbocycles. The van der Waals surface area contributed by atoms with E-state index < -0.39 is 23.9 Å². The number of azide groups is 1. The van der Waals surface area contributed by atoms with Crippen molar-refractivity contribution in [3.8, 4) is 0 Å². The van der Waals surface area contributed by atoms with Gasteiger partial charge in [0.05, 0.1) is 5.69 Å². The number of carbonyl (C=O) groups excluding carboxylic acids is 4. The summed E-state index contributed by atoms with van der Waals surface area (Å²) in [5.41, 5.74) is 11.7. The highest BCUT2D eigenvalue weighted by Crippen LogP contribution is 2.30. The number of aryl methyl sites for hydroxylation is 1. The summed E-state index contributed by atoms with van der Waals surface area (Å²) in [6.45, 7) is 6.80. The van der Waals surface area contributed by atoms with E-state index in [-0.39, 0.29) is 56.1 Å². The summed E-state index contributed by atoms with van der Waals surface area (Å²) in [5, 5.41) is 9.80. The number of piperidine rings is 1. The molecule has 0 radical (unpaired) electrons. The second kappa shape index (κ2) is 15.3. The van der Waals surface area contributed by atoms with Crippen LogP contribution in [0.1, 0.15) is 69.1 Å². The lowest BCUT2D eigenvalue weighted by atomic mass is 9.90. The van der Waals surface area contributed by atoms with Gasteiger partial charge >= 0.3 is 0 Å². The van der Waals surface area contributed by atoms with E-state index in [0.29, 0.717) is 17.3 Å². The van der Waals surface area contributed by atoms with Crippen LogP contribution in [0.2, 0.25) is 5.02 Å². The van der Waals surface area contributed by atoms with Crippen molar-refractivity contribution in [2.75, 3.05) is 18.4 Å². The first-order valence-corrected chi connectivity index (χ1v) is 16.6. The second-order valence-corrected chi connectivity index (χ2v) is 13.8. The van der Waals surface area contributed by atoms with E-state index in [2.05, 4.69) is 57.1 Å². The van der Waals surface area contributed by atoms with Crippen molar-refractivity contribution in [3.63, 3.8) is 0 Å². The molecule has 45 heavy (non-hydrogen) atoms. The van der Waals surface area contributed by atoms with Crippen molar-refractivity contribution in [2.45, 2.75) is 89.9 Å². The number of benzene rings is 2. The van der Waals surface area contributed by atoms with Crippen LogP contribution in [0.4, 0.5) is 5.69 Å². The normalized spacial score (nSPS) is 17.8. The third-order valence-electron chi connectivity index (χ3n) is 8.60. The molecule has 2 atom stereocenters. The molecule has 1 saturated heterocycles. The molecule has 4 amide bonds. The number of rotatable bonds is 10. The first-order chi connectivity index (χ1) is 21.4. The van der Waals surface area contributed by atoms with E-state index in [4.69, 9.17) is 17.1 Å². The van der Waals surface area contributed by atoms with Gasteiger partial charge in [-0.1, -0.05) is 41.0 Å². The molecule has 2 heterocycles. The van der Waals surface area contributed by atoms with Gasteiger partial charge in [-0.2, -0.15) is 0 Å². The minimum Gasteiger partial charge on any atom is -0.342 e. The van der Waals surface area contributed by atoms with Gasteiger partial charge < -0.3 is 20.4 Å². The average Bonchev–Trinajstić information content (AvgIpc) is 3.00. The van der Waals surface area contributed by atoms with Crippen LogP contribution < -0.4 is 10.6 Å². The van der Waals surface area contributed by atoms with Crippen molar-refractivity contribution in [2.24, 2.45) is 5.11 Å². The Hall–Kier alpha value is -3.35. The maximum atomic E-state index is 13.9. The van der Waals surface area contributed by atoms with Crippen LogP contribution in [-0.2, 0) is 32.1 Å². The van der Waals surface area contributed by atoms with Gasteiger partial charge in [0.2, 0.25) is 23.6 Å². The number of hydrogen-bond donors (Lipinski definition) is 2. The number of hydrogen-bond acceptors (Lipinski definition) is 5. The lowest BCUT2D eigenvalue weighted by Crippen LogP contribution is -2.56. The fraction of sp³-hybridized carbons (Fsp3) is 0.500. The van der Waals surface area contributed by atoms with Crippen molar-refractivity contribution in [3.05, 3.63) is 72.1 Å². The molecule has 2 aliphatic rings. The standard InChI is InChI=1S/C32H39ClIN7O4/c1-20-16-26(24(34)18-23(20)33)38-30(44)25(12-14-36-39-35)37-31(45)27-17-21-8-4-5-9-22(21)19-40(27)28(42)10-11-29(43)41-15-7-6-13-32(41,2)3/h4-5,8-9,16,18,25,27H,6-7,10-15,17,19H2,1-3H3,(H,37,45)(H,38,44)/t25-,27-/m0/s1. The zero-order valence-corrected chi connectivity index (χ0v) is 28.7. The summed E-state index contributed by atoms with van der Waals surface area (Å²) < 4.78 is 0.722. The van der Waals surface area contributed by atoms with Gasteiger partial charge in [-0.05, 0) is 103 Å². The van der Waals surface area contributed by atoms with E-state index in [9.17, 15) is 19.2 Å². The quantitative estimate of drug-likeness (QED) is 0.135. The summed E-state index contributed by atoms with van der Waals surface area (Å²) in [4.78, 5) is 60.3. The predicted molar refractivity (Wildman–Crippen MR) is 181 cm³/mol. The lowest BCUT2D eigenvalue weighted by Gasteiger charge is -2.42. The van der Waals surface area contributed by atoms with Gasteiger partial charge in [-0.25, -0.2) is 0 Å². The number of fused-ring (bicyclic) bond motifs is 1. The lowest BCUT2D eigenvalue weighted by molar-refractivity contribution is -0.145. The van der Waals surface area contributed by atoms with Gasteiger partial charge in [0.1, 0.15) is 12.1 Å². The molecule has 2 aromatic carbocycles. The van der Waals surface area contributed by atoms with Crippen LogP contribution in [0, 0.1) is 10.5 Å². The summed E-state index contributed by atoms with van der Waals surface area (Å²) in [5.74, 6) is -1.34. The molecule has 240 valence electrons. The molecule has 2 N–H and O–H groups in total. The Morgan fingerprint density at radius 2 is 1.84 bits per heavy atom. The largest absolute Gasteiger partial charge is 0.342 e. The highest BCUT2D eigenvalue weighted by Gasteiger charge is 2.37. The number of nitrogens with one attached hydrogen (secondary N) is 2. The van der Waals surface area contributed by atoms with E-state index >= 15 is 0 Å². The molecule has 0 unspecified atom stereocenters. The minimum absolute atomic E-state index is 0.0172. The highest BCUT2D eigenvalue weighted by atomic mass is 127. The maximum Gasteiger partial charge on any atom is 0.246 e. The Balaban J connectivity index is 1.52. The first-order valence-electron chi connectivity index (χ1n) is 15.2. The topological polar surface area (TPSA) is 148 Å². The van der Waals surface area contributed by atoms with Gasteiger partial charge in [0.15, 0.2) is 0 Å². The molecule has 2 aliphatic heterocycles. The number of halogens is 2. The zero-order valence-electron chi connectivity index (χ0n) is 25.8. The van der Waals surface area contributed by atoms with E-state index in [1.54, 1.807) is 12.1 Å². The summed E-state index contributed by atoms with van der Waals surface area (Å²) in [6, 6.07) is 9.19. The van der Waals surface area contributed by atoms with Crippen molar-refractivity contribution in [1.29, 1.82) is 0 Å². The number of likely N-dealkylation sites (tertiary alicyclic amines) is 1. The van der Waals surface area contributed by atoms with Crippen LogP contribution >= 0.6 is 34.2 Å². The van der Waals surface area contributed by atoms with E-state index in [0.717, 1.165) is 39.5 Å². The third-order valence-corrected chi connectivity index (χ3v) is 9.90.